The van der Waals surface area contributed by atoms with E-state index in [4.69, 9.17) is 4.74 Å². The summed E-state index contributed by atoms with van der Waals surface area (Å²) in [6.45, 7) is 3.14. The largest absolute Gasteiger partial charge is 0.492 e. The van der Waals surface area contributed by atoms with Crippen molar-refractivity contribution >= 4 is 15.9 Å². The predicted octanol–water partition coefficient (Wildman–Crippen LogP) is 3.70. The molecule has 2 nitrogen and oxygen atoms in total. The van der Waals surface area contributed by atoms with Gasteiger partial charge in [0.15, 0.2) is 0 Å². The molecule has 1 aromatic rings. The standard InChI is InChI=1S/C15H20BrNO/c16-15-13(12-6-8-17-9-7-12)2-1-3-14(15)18-10-11-4-5-11/h1-3,11-12,17H,4-10H2. The monoisotopic (exact) mass is 309 g/mol. The molecule has 1 aliphatic heterocycles. The molecule has 1 saturated carbocycles. The van der Waals surface area contributed by atoms with Gasteiger partial charge in [-0.05, 0) is 78.2 Å². The van der Waals surface area contributed by atoms with Gasteiger partial charge in [-0.15, -0.1) is 0 Å². The fourth-order valence-electron chi connectivity index (χ4n) is 2.58. The second kappa shape index (κ2) is 5.62. The van der Waals surface area contributed by atoms with Gasteiger partial charge in [-0.25, -0.2) is 0 Å². The lowest BCUT2D eigenvalue weighted by molar-refractivity contribution is 0.297. The van der Waals surface area contributed by atoms with Crippen molar-refractivity contribution in [3.63, 3.8) is 0 Å². The fourth-order valence-corrected chi connectivity index (χ4v) is 3.28. The highest BCUT2D eigenvalue weighted by molar-refractivity contribution is 9.10. The number of piperidine rings is 1. The topological polar surface area (TPSA) is 21.3 Å². The zero-order chi connectivity index (χ0) is 12.4. The summed E-state index contributed by atoms with van der Waals surface area (Å²) < 4.78 is 7.11. The van der Waals surface area contributed by atoms with Crippen molar-refractivity contribution in [1.82, 2.24) is 5.32 Å². The average Bonchev–Trinajstić information content (AvgIpc) is 3.23. The van der Waals surface area contributed by atoms with Crippen LogP contribution in [-0.2, 0) is 0 Å². The van der Waals surface area contributed by atoms with E-state index in [0.29, 0.717) is 5.92 Å². The number of benzene rings is 1. The van der Waals surface area contributed by atoms with E-state index in [-0.39, 0.29) is 0 Å². The lowest BCUT2D eigenvalue weighted by Crippen LogP contribution is -2.26. The molecule has 1 saturated heterocycles. The molecule has 3 heteroatoms. The highest BCUT2D eigenvalue weighted by Gasteiger charge is 2.23. The van der Waals surface area contributed by atoms with Gasteiger partial charge in [0.25, 0.3) is 0 Å². The molecular weight excluding hydrogens is 290 g/mol. The molecule has 0 bridgehead atoms. The minimum absolute atomic E-state index is 0.671. The van der Waals surface area contributed by atoms with E-state index in [9.17, 15) is 0 Å². The number of halogens is 1. The summed E-state index contributed by atoms with van der Waals surface area (Å²) in [4.78, 5) is 0. The maximum absolute atomic E-state index is 5.93. The van der Waals surface area contributed by atoms with Crippen molar-refractivity contribution in [2.45, 2.75) is 31.6 Å². The van der Waals surface area contributed by atoms with E-state index < -0.39 is 0 Å². The molecule has 0 atom stereocenters. The van der Waals surface area contributed by atoms with Gasteiger partial charge in [-0.2, -0.15) is 0 Å². The third kappa shape index (κ3) is 2.89. The van der Waals surface area contributed by atoms with Crippen molar-refractivity contribution in [3.8, 4) is 5.75 Å². The Morgan fingerprint density at radius 2 is 1.94 bits per heavy atom. The van der Waals surface area contributed by atoms with Crippen molar-refractivity contribution in [2.75, 3.05) is 19.7 Å². The van der Waals surface area contributed by atoms with Gasteiger partial charge in [0.2, 0.25) is 0 Å². The molecular formula is C15H20BrNO. The van der Waals surface area contributed by atoms with Gasteiger partial charge in [-0.3, -0.25) is 0 Å². The van der Waals surface area contributed by atoms with Crippen LogP contribution in [0.4, 0.5) is 0 Å². The van der Waals surface area contributed by atoms with Crippen LogP contribution in [0.2, 0.25) is 0 Å². The van der Waals surface area contributed by atoms with Crippen molar-refractivity contribution < 1.29 is 4.74 Å². The summed E-state index contributed by atoms with van der Waals surface area (Å²) in [7, 11) is 0. The highest BCUT2D eigenvalue weighted by atomic mass is 79.9. The molecule has 0 amide bonds. The van der Waals surface area contributed by atoms with Crippen molar-refractivity contribution in [2.24, 2.45) is 5.92 Å². The van der Waals surface area contributed by atoms with Gasteiger partial charge in [0.05, 0.1) is 11.1 Å². The maximum atomic E-state index is 5.93. The second-order valence-electron chi connectivity index (χ2n) is 5.44. The zero-order valence-corrected chi connectivity index (χ0v) is 12.2. The first-order valence-electron chi connectivity index (χ1n) is 6.96. The van der Waals surface area contributed by atoms with Gasteiger partial charge in [-0.1, -0.05) is 12.1 Å². The molecule has 0 radical (unpaired) electrons. The Balaban J connectivity index is 1.73. The number of rotatable bonds is 4. The Morgan fingerprint density at radius 3 is 2.67 bits per heavy atom. The summed E-state index contributed by atoms with van der Waals surface area (Å²) >= 11 is 3.74. The van der Waals surface area contributed by atoms with E-state index in [1.54, 1.807) is 0 Å². The summed E-state index contributed by atoms with van der Waals surface area (Å²) in [5.74, 6) is 2.50. The van der Waals surface area contributed by atoms with Gasteiger partial charge in [0, 0.05) is 0 Å². The lowest BCUT2D eigenvalue weighted by atomic mass is 9.90. The maximum Gasteiger partial charge on any atom is 0.133 e. The minimum atomic E-state index is 0.671. The fraction of sp³-hybridized carbons (Fsp3) is 0.600. The molecule has 1 aromatic carbocycles. The molecule has 2 fully saturated rings. The van der Waals surface area contributed by atoms with E-state index in [1.165, 1.54) is 35.7 Å². The quantitative estimate of drug-likeness (QED) is 0.915. The Kier molecular flexibility index (Phi) is 3.90. The van der Waals surface area contributed by atoms with Gasteiger partial charge < -0.3 is 10.1 Å². The van der Waals surface area contributed by atoms with Crippen LogP contribution in [0, 0.1) is 5.92 Å². The first-order chi connectivity index (χ1) is 8.84. The van der Waals surface area contributed by atoms with E-state index >= 15 is 0 Å². The Hall–Kier alpha value is -0.540. The number of nitrogens with one attached hydrogen (secondary N) is 1. The van der Waals surface area contributed by atoms with Crippen LogP contribution >= 0.6 is 15.9 Å². The smallest absolute Gasteiger partial charge is 0.133 e. The molecule has 0 spiro atoms. The van der Waals surface area contributed by atoms with Crippen LogP contribution in [-0.4, -0.2) is 19.7 Å². The Bertz CT molecular complexity index is 411. The minimum Gasteiger partial charge on any atom is -0.492 e. The first kappa shape index (κ1) is 12.5. The van der Waals surface area contributed by atoms with Crippen LogP contribution in [0.1, 0.15) is 37.2 Å². The van der Waals surface area contributed by atoms with E-state index in [2.05, 4.69) is 39.4 Å². The number of hydrogen-bond donors (Lipinski definition) is 1. The van der Waals surface area contributed by atoms with E-state index in [0.717, 1.165) is 31.4 Å². The molecule has 1 aliphatic carbocycles. The molecule has 18 heavy (non-hydrogen) atoms. The van der Waals surface area contributed by atoms with Crippen molar-refractivity contribution in [1.29, 1.82) is 0 Å². The average molecular weight is 310 g/mol. The van der Waals surface area contributed by atoms with E-state index in [1.807, 2.05) is 0 Å². The zero-order valence-electron chi connectivity index (χ0n) is 10.6. The summed E-state index contributed by atoms with van der Waals surface area (Å²) in [6.07, 6.45) is 5.13. The van der Waals surface area contributed by atoms with Crippen molar-refractivity contribution in [3.05, 3.63) is 28.2 Å². The summed E-state index contributed by atoms with van der Waals surface area (Å²) in [5, 5.41) is 3.42. The van der Waals surface area contributed by atoms with Crippen LogP contribution in [0.3, 0.4) is 0 Å². The SMILES string of the molecule is Brc1c(OCC2CC2)cccc1C1CCNCC1. The molecule has 0 unspecified atom stereocenters. The molecule has 1 N–H and O–H groups in total. The number of hydrogen-bond acceptors (Lipinski definition) is 2. The summed E-state index contributed by atoms with van der Waals surface area (Å²) in [5.41, 5.74) is 1.42. The summed E-state index contributed by atoms with van der Waals surface area (Å²) in [6, 6.07) is 6.45. The Labute approximate surface area is 117 Å². The van der Waals surface area contributed by atoms with Crippen LogP contribution < -0.4 is 10.1 Å². The van der Waals surface area contributed by atoms with Crippen LogP contribution in [0.5, 0.6) is 5.75 Å². The highest BCUT2D eigenvalue weighted by Crippen LogP contribution is 2.38. The molecule has 1 heterocycles. The van der Waals surface area contributed by atoms with Crippen LogP contribution in [0.15, 0.2) is 22.7 Å². The predicted molar refractivity (Wildman–Crippen MR) is 77.2 cm³/mol. The number of ether oxygens (including phenoxy) is 1. The first-order valence-corrected chi connectivity index (χ1v) is 7.76. The molecule has 2 aliphatic rings. The van der Waals surface area contributed by atoms with Crippen LogP contribution in [0.25, 0.3) is 0 Å². The lowest BCUT2D eigenvalue weighted by Gasteiger charge is -2.24. The third-order valence-electron chi connectivity index (χ3n) is 3.94. The molecule has 98 valence electrons. The third-order valence-corrected chi connectivity index (χ3v) is 4.79. The van der Waals surface area contributed by atoms with Gasteiger partial charge >= 0.3 is 0 Å². The molecule has 0 aromatic heterocycles. The van der Waals surface area contributed by atoms with Gasteiger partial charge in [0.1, 0.15) is 5.75 Å². The normalized spacial score (nSPS) is 20.9. The Morgan fingerprint density at radius 1 is 1.17 bits per heavy atom. The molecule has 3 rings (SSSR count). The second-order valence-corrected chi connectivity index (χ2v) is 6.23.